The Morgan fingerprint density at radius 3 is 2.62 bits per heavy atom. The van der Waals surface area contributed by atoms with Crippen molar-refractivity contribution in [2.24, 2.45) is 0 Å². The first-order chi connectivity index (χ1) is 12.3. The quantitative estimate of drug-likeness (QED) is 0.657. The van der Waals surface area contributed by atoms with Gasteiger partial charge in [0.05, 0.1) is 12.3 Å². The van der Waals surface area contributed by atoms with Gasteiger partial charge in [-0.1, -0.05) is 18.2 Å². The fourth-order valence-corrected chi connectivity index (χ4v) is 5.25. The van der Waals surface area contributed by atoms with Crippen LogP contribution in [0, 0.1) is 11.6 Å². The van der Waals surface area contributed by atoms with Crippen LogP contribution in [-0.2, 0) is 14.8 Å². The van der Waals surface area contributed by atoms with Gasteiger partial charge in [0.2, 0.25) is 0 Å². The molecular formula is C17H13F2NO4S2. The zero-order valence-corrected chi connectivity index (χ0v) is 15.1. The van der Waals surface area contributed by atoms with E-state index in [1.54, 1.807) is 31.2 Å². The van der Waals surface area contributed by atoms with E-state index in [0.717, 1.165) is 23.5 Å². The minimum atomic E-state index is -4.33. The maximum absolute atomic E-state index is 13.9. The summed E-state index contributed by atoms with van der Waals surface area (Å²) in [6.45, 7) is 1.68. The molecule has 3 rings (SSSR count). The summed E-state index contributed by atoms with van der Waals surface area (Å²) in [5.74, 6) is -2.68. The SMILES string of the molecule is CCOC(=O)c1sc2ccccc2c1S(=O)(=O)Nc1ccc(F)cc1F. The van der Waals surface area contributed by atoms with E-state index >= 15 is 0 Å². The van der Waals surface area contributed by atoms with Crippen LogP contribution in [-0.4, -0.2) is 21.0 Å². The third-order valence-corrected chi connectivity index (χ3v) is 6.19. The number of fused-ring (bicyclic) bond motifs is 1. The molecule has 5 nitrogen and oxygen atoms in total. The molecule has 3 aromatic rings. The van der Waals surface area contributed by atoms with Crippen LogP contribution in [0.15, 0.2) is 47.4 Å². The molecule has 0 bridgehead atoms. The number of carbonyl (C=O) groups is 1. The molecule has 2 aromatic carbocycles. The van der Waals surface area contributed by atoms with E-state index in [2.05, 4.69) is 4.72 Å². The summed E-state index contributed by atoms with van der Waals surface area (Å²) in [5, 5.41) is 0.315. The van der Waals surface area contributed by atoms with Crippen LogP contribution in [0.3, 0.4) is 0 Å². The summed E-state index contributed by atoms with van der Waals surface area (Å²) >= 11 is 0.969. The van der Waals surface area contributed by atoms with Gasteiger partial charge in [0.1, 0.15) is 21.4 Å². The van der Waals surface area contributed by atoms with Gasteiger partial charge in [-0.15, -0.1) is 11.3 Å². The predicted molar refractivity (Wildman–Crippen MR) is 94.9 cm³/mol. The lowest BCUT2D eigenvalue weighted by Crippen LogP contribution is -2.17. The maximum atomic E-state index is 13.9. The molecule has 1 N–H and O–H groups in total. The monoisotopic (exact) mass is 397 g/mol. The van der Waals surface area contributed by atoms with Crippen molar-refractivity contribution >= 4 is 43.1 Å². The van der Waals surface area contributed by atoms with Crippen molar-refractivity contribution in [3.63, 3.8) is 0 Å². The van der Waals surface area contributed by atoms with E-state index in [1.807, 2.05) is 0 Å². The lowest BCUT2D eigenvalue weighted by atomic mass is 10.2. The second-order valence-electron chi connectivity index (χ2n) is 5.21. The molecule has 0 saturated heterocycles. The molecule has 0 aliphatic carbocycles. The van der Waals surface area contributed by atoms with Crippen LogP contribution in [0.25, 0.3) is 10.1 Å². The normalized spacial score (nSPS) is 11.5. The Morgan fingerprint density at radius 2 is 1.92 bits per heavy atom. The van der Waals surface area contributed by atoms with Gasteiger partial charge >= 0.3 is 5.97 Å². The van der Waals surface area contributed by atoms with Gasteiger partial charge in [-0.25, -0.2) is 22.0 Å². The van der Waals surface area contributed by atoms with E-state index in [-0.39, 0.29) is 16.4 Å². The van der Waals surface area contributed by atoms with Gasteiger partial charge in [0.15, 0.2) is 0 Å². The van der Waals surface area contributed by atoms with Gasteiger partial charge in [0.25, 0.3) is 10.0 Å². The summed E-state index contributed by atoms with van der Waals surface area (Å²) in [6.07, 6.45) is 0. The van der Waals surface area contributed by atoms with Crippen molar-refractivity contribution in [3.8, 4) is 0 Å². The first-order valence-corrected chi connectivity index (χ1v) is 9.80. The van der Waals surface area contributed by atoms with Crippen LogP contribution in [0.2, 0.25) is 0 Å². The highest BCUT2D eigenvalue weighted by molar-refractivity contribution is 7.93. The summed E-state index contributed by atoms with van der Waals surface area (Å²) in [7, 11) is -4.33. The molecule has 1 aromatic heterocycles. The van der Waals surface area contributed by atoms with Crippen molar-refractivity contribution in [2.45, 2.75) is 11.8 Å². The number of esters is 1. The third-order valence-electron chi connectivity index (χ3n) is 3.45. The second-order valence-corrected chi connectivity index (χ2v) is 7.88. The Morgan fingerprint density at radius 1 is 1.19 bits per heavy atom. The molecule has 0 spiro atoms. The summed E-state index contributed by atoms with van der Waals surface area (Å²) in [4.78, 5) is 11.8. The minimum absolute atomic E-state index is 0.0760. The Bertz CT molecular complexity index is 1090. The van der Waals surface area contributed by atoms with Crippen molar-refractivity contribution in [1.82, 2.24) is 0 Å². The Balaban J connectivity index is 2.15. The number of hydrogen-bond acceptors (Lipinski definition) is 5. The number of ether oxygens (including phenoxy) is 1. The Labute approximate surface area is 152 Å². The fourth-order valence-electron chi connectivity index (χ4n) is 2.39. The molecule has 0 unspecified atom stereocenters. The van der Waals surface area contributed by atoms with Gasteiger partial charge in [-0.2, -0.15) is 0 Å². The number of sulfonamides is 1. The summed E-state index contributed by atoms with van der Waals surface area (Å²) < 4.78 is 60.2. The van der Waals surface area contributed by atoms with Crippen LogP contribution >= 0.6 is 11.3 Å². The average molecular weight is 397 g/mol. The van der Waals surface area contributed by atoms with E-state index in [4.69, 9.17) is 4.74 Å². The number of thiophene rings is 1. The largest absolute Gasteiger partial charge is 0.462 e. The molecule has 0 saturated carbocycles. The first kappa shape index (κ1) is 18.3. The average Bonchev–Trinajstić information content (AvgIpc) is 2.98. The van der Waals surface area contributed by atoms with Crippen LogP contribution in [0.4, 0.5) is 14.5 Å². The molecule has 0 atom stereocenters. The predicted octanol–water partition coefficient (Wildman–Crippen LogP) is 4.16. The molecule has 9 heteroatoms. The summed E-state index contributed by atoms with van der Waals surface area (Å²) in [5.41, 5.74) is -0.420. The number of benzene rings is 2. The number of hydrogen-bond donors (Lipinski definition) is 1. The van der Waals surface area contributed by atoms with Gasteiger partial charge in [-0.05, 0) is 25.1 Å². The fraction of sp³-hybridized carbons (Fsp3) is 0.118. The van der Waals surface area contributed by atoms with Crippen molar-refractivity contribution < 1.29 is 26.7 Å². The zero-order valence-electron chi connectivity index (χ0n) is 13.5. The molecule has 0 radical (unpaired) electrons. The standard InChI is InChI=1S/C17H13F2NO4S2/c1-2-24-17(21)15-16(11-5-3-4-6-14(11)25-15)26(22,23)20-13-8-7-10(18)9-12(13)19/h3-9,20H,2H2,1H3. The number of nitrogens with one attached hydrogen (secondary N) is 1. The molecular weight excluding hydrogens is 384 g/mol. The number of carbonyl (C=O) groups excluding carboxylic acids is 1. The molecule has 0 aliphatic rings. The van der Waals surface area contributed by atoms with Crippen LogP contribution in [0.1, 0.15) is 16.6 Å². The highest BCUT2D eigenvalue weighted by Crippen LogP contribution is 2.36. The minimum Gasteiger partial charge on any atom is -0.462 e. The number of halogens is 2. The molecule has 136 valence electrons. The molecule has 1 heterocycles. The van der Waals surface area contributed by atoms with Crippen molar-refractivity contribution in [1.29, 1.82) is 0 Å². The van der Waals surface area contributed by atoms with E-state index in [1.165, 1.54) is 0 Å². The zero-order chi connectivity index (χ0) is 18.9. The third kappa shape index (κ3) is 3.40. The number of anilines is 1. The van der Waals surface area contributed by atoms with Crippen LogP contribution in [0.5, 0.6) is 0 Å². The van der Waals surface area contributed by atoms with E-state index in [0.29, 0.717) is 16.2 Å². The van der Waals surface area contributed by atoms with Gasteiger partial charge in [-0.3, -0.25) is 4.72 Å². The highest BCUT2D eigenvalue weighted by atomic mass is 32.2. The molecule has 0 amide bonds. The summed E-state index contributed by atoms with van der Waals surface area (Å²) in [6, 6.07) is 9.01. The Kier molecular flexibility index (Phi) is 4.92. The molecule has 26 heavy (non-hydrogen) atoms. The highest BCUT2D eigenvalue weighted by Gasteiger charge is 2.29. The van der Waals surface area contributed by atoms with E-state index < -0.39 is 33.3 Å². The second kappa shape index (κ2) is 7.00. The van der Waals surface area contributed by atoms with E-state index in [9.17, 15) is 22.0 Å². The molecule has 0 aliphatic heterocycles. The molecule has 0 fully saturated rings. The van der Waals surface area contributed by atoms with Crippen molar-refractivity contribution in [3.05, 3.63) is 59.0 Å². The lowest BCUT2D eigenvalue weighted by molar-refractivity contribution is 0.0528. The first-order valence-electron chi connectivity index (χ1n) is 7.50. The topological polar surface area (TPSA) is 72.5 Å². The number of rotatable bonds is 5. The smallest absolute Gasteiger partial charge is 0.349 e. The van der Waals surface area contributed by atoms with Gasteiger partial charge in [0, 0.05) is 16.2 Å². The van der Waals surface area contributed by atoms with Crippen molar-refractivity contribution in [2.75, 3.05) is 11.3 Å². The van der Waals surface area contributed by atoms with Gasteiger partial charge < -0.3 is 4.74 Å². The van der Waals surface area contributed by atoms with Crippen LogP contribution < -0.4 is 4.72 Å². The lowest BCUT2D eigenvalue weighted by Gasteiger charge is -2.10. The Hall–Kier alpha value is -2.52. The maximum Gasteiger partial charge on any atom is 0.349 e.